The normalized spacial score (nSPS) is 11.0. The van der Waals surface area contributed by atoms with Crippen molar-refractivity contribution in [2.45, 2.75) is 19.9 Å². The maximum absolute atomic E-state index is 13.6. The molecule has 3 aromatic rings. The topological polar surface area (TPSA) is 55.6 Å². The molecule has 2 aromatic heterocycles. The van der Waals surface area contributed by atoms with Crippen molar-refractivity contribution in [2.75, 3.05) is 5.32 Å². The van der Waals surface area contributed by atoms with Gasteiger partial charge >= 0.3 is 0 Å². The Hall–Kier alpha value is -2.76. The van der Waals surface area contributed by atoms with Gasteiger partial charge in [0.05, 0.1) is 0 Å². The van der Waals surface area contributed by atoms with Crippen LogP contribution in [0.4, 0.5) is 10.3 Å². The van der Waals surface area contributed by atoms with Gasteiger partial charge in [0.1, 0.15) is 11.5 Å². The summed E-state index contributed by atoms with van der Waals surface area (Å²) >= 11 is 0. The third-order valence-electron chi connectivity index (χ3n) is 3.38. The van der Waals surface area contributed by atoms with Crippen LogP contribution in [0.25, 0.3) is 22.6 Å². The molecule has 0 radical (unpaired) electrons. The molecule has 1 N–H and O–H groups in total. The van der Waals surface area contributed by atoms with Crippen molar-refractivity contribution in [2.24, 2.45) is 7.05 Å². The molecule has 6 heteroatoms. The highest BCUT2D eigenvalue weighted by molar-refractivity contribution is 5.78. The van der Waals surface area contributed by atoms with Gasteiger partial charge in [-0.05, 0) is 31.5 Å². The predicted molar refractivity (Wildman–Crippen MR) is 88.4 cm³/mol. The number of nitrogens with one attached hydrogen (secondary N) is 1. The zero-order valence-electron chi connectivity index (χ0n) is 13.3. The second-order valence-corrected chi connectivity index (χ2v) is 5.63. The van der Waals surface area contributed by atoms with Crippen LogP contribution in [0.2, 0.25) is 0 Å². The Morgan fingerprint density at radius 1 is 1.22 bits per heavy atom. The number of rotatable bonds is 4. The van der Waals surface area contributed by atoms with Crippen LogP contribution in [0.5, 0.6) is 0 Å². The molecule has 0 atom stereocenters. The molecular formula is C17H18FN5. The van der Waals surface area contributed by atoms with Crippen LogP contribution in [0.1, 0.15) is 13.8 Å². The van der Waals surface area contributed by atoms with Crippen LogP contribution in [0.15, 0.2) is 42.9 Å². The number of imidazole rings is 1. The maximum atomic E-state index is 13.6. The molecule has 118 valence electrons. The van der Waals surface area contributed by atoms with Crippen LogP contribution in [-0.4, -0.2) is 25.6 Å². The number of anilines is 1. The number of benzene rings is 1. The molecule has 0 bridgehead atoms. The minimum atomic E-state index is -0.294. The van der Waals surface area contributed by atoms with Crippen LogP contribution < -0.4 is 5.32 Å². The van der Waals surface area contributed by atoms with Crippen molar-refractivity contribution < 1.29 is 4.39 Å². The van der Waals surface area contributed by atoms with Gasteiger partial charge in [0, 0.05) is 37.2 Å². The summed E-state index contributed by atoms with van der Waals surface area (Å²) in [6, 6.07) is 6.61. The molecule has 0 unspecified atom stereocenters. The highest BCUT2D eigenvalue weighted by Crippen LogP contribution is 2.30. The number of aryl methyl sites for hydroxylation is 1. The van der Waals surface area contributed by atoms with Gasteiger partial charge < -0.3 is 9.88 Å². The molecule has 0 aliphatic heterocycles. The summed E-state index contributed by atoms with van der Waals surface area (Å²) in [5.41, 5.74) is 2.13. The average molecular weight is 311 g/mol. The van der Waals surface area contributed by atoms with Gasteiger partial charge in [0.15, 0.2) is 5.82 Å². The zero-order valence-corrected chi connectivity index (χ0v) is 13.3. The van der Waals surface area contributed by atoms with Crippen LogP contribution >= 0.6 is 0 Å². The Kier molecular flexibility index (Phi) is 4.06. The highest BCUT2D eigenvalue weighted by atomic mass is 19.1. The highest BCUT2D eigenvalue weighted by Gasteiger charge is 2.15. The minimum absolute atomic E-state index is 0.212. The summed E-state index contributed by atoms with van der Waals surface area (Å²) < 4.78 is 15.5. The number of nitrogens with zero attached hydrogens (tertiary/aromatic N) is 4. The summed E-state index contributed by atoms with van der Waals surface area (Å²) in [6.45, 7) is 4.04. The molecule has 0 amide bonds. The first-order valence-electron chi connectivity index (χ1n) is 7.42. The fourth-order valence-corrected chi connectivity index (χ4v) is 2.34. The Bertz CT molecular complexity index is 825. The number of hydrogen-bond donors (Lipinski definition) is 1. The van der Waals surface area contributed by atoms with E-state index in [1.54, 1.807) is 18.5 Å². The molecule has 1 aromatic carbocycles. The first kappa shape index (κ1) is 15.1. The molecular weight excluding hydrogens is 293 g/mol. The Morgan fingerprint density at radius 2 is 2.04 bits per heavy atom. The van der Waals surface area contributed by atoms with Crippen LogP contribution in [-0.2, 0) is 7.05 Å². The van der Waals surface area contributed by atoms with E-state index in [9.17, 15) is 4.39 Å². The third kappa shape index (κ3) is 3.21. The third-order valence-corrected chi connectivity index (χ3v) is 3.38. The number of halogens is 1. The summed E-state index contributed by atoms with van der Waals surface area (Å²) in [7, 11) is 1.90. The van der Waals surface area contributed by atoms with Crippen LogP contribution in [0.3, 0.4) is 0 Å². The smallest absolute Gasteiger partial charge is 0.223 e. The minimum Gasteiger partial charge on any atom is -0.352 e. The molecule has 2 heterocycles. The van der Waals surface area contributed by atoms with Crippen molar-refractivity contribution >= 4 is 5.95 Å². The standard InChI is InChI=1S/C17H18FN5/c1-11(2)21-17-20-10-14(12-5-4-6-13(18)9-12)15(22-17)16-19-7-8-23(16)3/h4-11H,1-3H3,(H,20,21,22). The lowest BCUT2D eigenvalue weighted by Gasteiger charge is -2.13. The van der Waals surface area contributed by atoms with Crippen molar-refractivity contribution in [1.82, 2.24) is 19.5 Å². The predicted octanol–water partition coefficient (Wildman–Crippen LogP) is 3.50. The molecule has 0 fully saturated rings. The van der Waals surface area contributed by atoms with E-state index in [-0.39, 0.29) is 11.9 Å². The van der Waals surface area contributed by atoms with Gasteiger partial charge in [0.2, 0.25) is 5.95 Å². The molecule has 0 aliphatic rings. The Morgan fingerprint density at radius 3 is 2.70 bits per heavy atom. The van der Waals surface area contributed by atoms with Gasteiger partial charge in [-0.2, -0.15) is 0 Å². The maximum Gasteiger partial charge on any atom is 0.223 e. The quantitative estimate of drug-likeness (QED) is 0.801. The van der Waals surface area contributed by atoms with Gasteiger partial charge in [-0.25, -0.2) is 19.3 Å². The van der Waals surface area contributed by atoms with E-state index in [2.05, 4.69) is 20.3 Å². The van der Waals surface area contributed by atoms with Gasteiger partial charge in [-0.15, -0.1) is 0 Å². The van der Waals surface area contributed by atoms with E-state index in [1.807, 2.05) is 37.7 Å². The van der Waals surface area contributed by atoms with Crippen LogP contribution in [0, 0.1) is 5.82 Å². The molecule has 0 aliphatic carbocycles. The zero-order chi connectivity index (χ0) is 16.4. The lowest BCUT2D eigenvalue weighted by Crippen LogP contribution is -2.13. The van der Waals surface area contributed by atoms with E-state index in [1.165, 1.54) is 12.1 Å². The second kappa shape index (κ2) is 6.16. The molecule has 0 saturated carbocycles. The van der Waals surface area contributed by atoms with Gasteiger partial charge in [0.25, 0.3) is 0 Å². The van der Waals surface area contributed by atoms with E-state index in [0.29, 0.717) is 17.5 Å². The molecule has 3 rings (SSSR count). The van der Waals surface area contributed by atoms with Gasteiger partial charge in [-0.3, -0.25) is 0 Å². The Balaban J connectivity index is 2.17. The Labute approximate surface area is 134 Å². The number of hydrogen-bond acceptors (Lipinski definition) is 4. The van der Waals surface area contributed by atoms with E-state index < -0.39 is 0 Å². The summed E-state index contributed by atoms with van der Waals surface area (Å²) in [4.78, 5) is 13.3. The number of aromatic nitrogens is 4. The first-order chi connectivity index (χ1) is 11.0. The van der Waals surface area contributed by atoms with E-state index in [4.69, 9.17) is 0 Å². The summed E-state index contributed by atoms with van der Waals surface area (Å²) in [6.07, 6.45) is 5.27. The largest absolute Gasteiger partial charge is 0.352 e. The van der Waals surface area contributed by atoms with Crippen molar-refractivity contribution in [3.05, 3.63) is 48.7 Å². The van der Waals surface area contributed by atoms with Crippen molar-refractivity contribution in [3.8, 4) is 22.6 Å². The fourth-order valence-electron chi connectivity index (χ4n) is 2.34. The molecule has 0 saturated heterocycles. The van der Waals surface area contributed by atoms with E-state index in [0.717, 1.165) is 11.1 Å². The van der Waals surface area contributed by atoms with E-state index >= 15 is 0 Å². The lowest BCUT2D eigenvalue weighted by atomic mass is 10.1. The molecule has 0 spiro atoms. The first-order valence-corrected chi connectivity index (χ1v) is 7.42. The monoisotopic (exact) mass is 311 g/mol. The fraction of sp³-hybridized carbons (Fsp3) is 0.235. The van der Waals surface area contributed by atoms with Crippen molar-refractivity contribution in [1.29, 1.82) is 0 Å². The molecule has 23 heavy (non-hydrogen) atoms. The van der Waals surface area contributed by atoms with Crippen molar-refractivity contribution in [3.63, 3.8) is 0 Å². The summed E-state index contributed by atoms with van der Waals surface area (Å²) in [5, 5.41) is 3.18. The van der Waals surface area contributed by atoms with Gasteiger partial charge in [-0.1, -0.05) is 12.1 Å². The lowest BCUT2D eigenvalue weighted by molar-refractivity contribution is 0.628. The average Bonchev–Trinajstić information content (AvgIpc) is 2.92. The second-order valence-electron chi connectivity index (χ2n) is 5.63. The SMILES string of the molecule is CC(C)Nc1ncc(-c2cccc(F)c2)c(-c2nccn2C)n1. The molecule has 5 nitrogen and oxygen atoms in total. The summed E-state index contributed by atoms with van der Waals surface area (Å²) in [5.74, 6) is 0.939.